The van der Waals surface area contributed by atoms with Crippen molar-refractivity contribution in [1.82, 2.24) is 0 Å². The number of benzene rings is 2. The molecule has 0 radical (unpaired) electrons. The van der Waals surface area contributed by atoms with E-state index in [4.69, 9.17) is 0 Å². The molecule has 0 atom stereocenters. The lowest BCUT2D eigenvalue weighted by atomic mass is 10.1. The quantitative estimate of drug-likeness (QED) is 0.877. The Hall–Kier alpha value is -3.15. The van der Waals surface area contributed by atoms with Crippen LogP contribution in [0.3, 0.4) is 0 Å². The number of para-hydroxylation sites is 1. The van der Waals surface area contributed by atoms with E-state index in [1.165, 1.54) is 24.3 Å². The molecular weight excluding hydrogens is 296 g/mol. The summed E-state index contributed by atoms with van der Waals surface area (Å²) in [5.41, 5.74) is 1.21. The maximum absolute atomic E-state index is 12.3. The highest BCUT2D eigenvalue weighted by Crippen LogP contribution is 2.18. The van der Waals surface area contributed by atoms with Crippen LogP contribution in [0.1, 0.15) is 34.1 Å². The van der Waals surface area contributed by atoms with Crippen LogP contribution in [0.5, 0.6) is 0 Å². The Bertz CT molecular complexity index is 739. The molecule has 2 aromatic rings. The van der Waals surface area contributed by atoms with Gasteiger partial charge in [0.25, 0.3) is 5.91 Å². The van der Waals surface area contributed by atoms with Crippen molar-refractivity contribution < 1.29 is 19.5 Å². The summed E-state index contributed by atoms with van der Waals surface area (Å²) in [6.45, 7) is 1.72. The molecule has 2 rings (SSSR count). The normalized spacial score (nSPS) is 9.96. The number of anilines is 2. The molecule has 23 heavy (non-hydrogen) atoms. The van der Waals surface area contributed by atoms with Gasteiger partial charge in [-0.15, -0.1) is 0 Å². The standard InChI is InChI=1S/C17H16N2O4/c1-2-15(20)19-14-6-4-3-5-13(14)16(21)18-12-9-7-11(8-10-12)17(22)23/h3-10H,2H2,1H3,(H,18,21)(H,19,20)(H,22,23)/p-1. The molecule has 0 aliphatic heterocycles. The van der Waals surface area contributed by atoms with Gasteiger partial charge < -0.3 is 20.5 Å². The van der Waals surface area contributed by atoms with Crippen LogP contribution in [0, 0.1) is 0 Å². The van der Waals surface area contributed by atoms with Crippen LogP contribution in [0.25, 0.3) is 0 Å². The highest BCUT2D eigenvalue weighted by atomic mass is 16.4. The number of carbonyl (C=O) groups excluding carboxylic acids is 3. The Labute approximate surface area is 133 Å². The molecule has 2 aromatic carbocycles. The SMILES string of the molecule is CCC(=O)Nc1ccccc1C(=O)Nc1ccc(C(=O)[O-])cc1. The molecule has 6 heteroatoms. The number of aromatic carboxylic acids is 1. The van der Waals surface area contributed by atoms with Crippen LogP contribution in [0.15, 0.2) is 48.5 Å². The first kappa shape index (κ1) is 16.2. The van der Waals surface area contributed by atoms with E-state index in [0.717, 1.165) is 0 Å². The average molecular weight is 311 g/mol. The minimum absolute atomic E-state index is 0.0265. The van der Waals surface area contributed by atoms with E-state index in [0.29, 0.717) is 23.4 Å². The lowest BCUT2D eigenvalue weighted by Gasteiger charge is -2.11. The van der Waals surface area contributed by atoms with Crippen LogP contribution in [0.2, 0.25) is 0 Å². The van der Waals surface area contributed by atoms with Crippen molar-refractivity contribution in [3.05, 3.63) is 59.7 Å². The van der Waals surface area contributed by atoms with Gasteiger partial charge in [-0.05, 0) is 29.8 Å². The topological polar surface area (TPSA) is 98.3 Å². The van der Waals surface area contributed by atoms with E-state index in [1.807, 2.05) is 0 Å². The summed E-state index contributed by atoms with van der Waals surface area (Å²) in [6, 6.07) is 12.3. The minimum atomic E-state index is -1.28. The highest BCUT2D eigenvalue weighted by molar-refractivity contribution is 6.10. The molecule has 0 aliphatic rings. The Balaban J connectivity index is 2.17. The molecule has 0 fully saturated rings. The number of amides is 2. The van der Waals surface area contributed by atoms with Crippen molar-refractivity contribution in [3.63, 3.8) is 0 Å². The van der Waals surface area contributed by atoms with Gasteiger partial charge in [-0.25, -0.2) is 0 Å². The van der Waals surface area contributed by atoms with Crippen molar-refractivity contribution >= 4 is 29.2 Å². The first-order valence-electron chi connectivity index (χ1n) is 7.03. The maximum atomic E-state index is 12.3. The highest BCUT2D eigenvalue weighted by Gasteiger charge is 2.12. The number of hydrogen-bond acceptors (Lipinski definition) is 4. The maximum Gasteiger partial charge on any atom is 0.257 e. The summed E-state index contributed by atoms with van der Waals surface area (Å²) in [7, 11) is 0. The summed E-state index contributed by atoms with van der Waals surface area (Å²) in [5.74, 6) is -1.88. The van der Waals surface area contributed by atoms with Crippen molar-refractivity contribution in [2.75, 3.05) is 10.6 Å². The molecule has 2 N–H and O–H groups in total. The van der Waals surface area contributed by atoms with E-state index in [2.05, 4.69) is 10.6 Å². The van der Waals surface area contributed by atoms with Crippen molar-refractivity contribution in [2.45, 2.75) is 13.3 Å². The van der Waals surface area contributed by atoms with Gasteiger partial charge in [-0.1, -0.05) is 31.2 Å². The summed E-state index contributed by atoms with van der Waals surface area (Å²) in [4.78, 5) is 34.5. The Morgan fingerprint density at radius 1 is 0.957 bits per heavy atom. The first-order chi connectivity index (χ1) is 11.0. The molecule has 0 aliphatic carbocycles. The van der Waals surface area contributed by atoms with E-state index in [1.54, 1.807) is 31.2 Å². The van der Waals surface area contributed by atoms with Gasteiger partial charge in [0.1, 0.15) is 0 Å². The third-order valence-corrected chi connectivity index (χ3v) is 3.15. The van der Waals surface area contributed by atoms with Gasteiger partial charge in [-0.3, -0.25) is 9.59 Å². The van der Waals surface area contributed by atoms with Crippen LogP contribution >= 0.6 is 0 Å². The summed E-state index contributed by atoms with van der Waals surface area (Å²) in [6.07, 6.45) is 0.306. The Morgan fingerprint density at radius 3 is 2.22 bits per heavy atom. The fourth-order valence-corrected chi connectivity index (χ4v) is 1.92. The van der Waals surface area contributed by atoms with Gasteiger partial charge in [0.2, 0.25) is 5.91 Å². The monoisotopic (exact) mass is 311 g/mol. The number of nitrogens with one attached hydrogen (secondary N) is 2. The third-order valence-electron chi connectivity index (χ3n) is 3.15. The lowest BCUT2D eigenvalue weighted by Crippen LogP contribution is -2.22. The van der Waals surface area contributed by atoms with E-state index in [-0.39, 0.29) is 11.5 Å². The fraction of sp³-hybridized carbons (Fsp3) is 0.118. The number of hydrogen-bond donors (Lipinski definition) is 2. The molecule has 0 heterocycles. The summed E-state index contributed by atoms with van der Waals surface area (Å²) in [5, 5.41) is 16.0. The molecular formula is C17H15N2O4-. The molecule has 0 aromatic heterocycles. The zero-order valence-corrected chi connectivity index (χ0v) is 12.5. The summed E-state index contributed by atoms with van der Waals surface area (Å²) >= 11 is 0. The van der Waals surface area contributed by atoms with E-state index in [9.17, 15) is 19.5 Å². The zero-order chi connectivity index (χ0) is 16.8. The largest absolute Gasteiger partial charge is 0.545 e. The number of rotatable bonds is 5. The average Bonchev–Trinajstić information content (AvgIpc) is 2.55. The van der Waals surface area contributed by atoms with Crippen molar-refractivity contribution in [1.29, 1.82) is 0 Å². The van der Waals surface area contributed by atoms with Gasteiger partial charge in [0.05, 0.1) is 17.2 Å². The lowest BCUT2D eigenvalue weighted by molar-refractivity contribution is -0.255. The fourth-order valence-electron chi connectivity index (χ4n) is 1.92. The van der Waals surface area contributed by atoms with Gasteiger partial charge in [0, 0.05) is 12.1 Å². The Kier molecular flexibility index (Phi) is 5.09. The smallest absolute Gasteiger partial charge is 0.257 e. The molecule has 0 bridgehead atoms. The second kappa shape index (κ2) is 7.22. The molecule has 2 amide bonds. The van der Waals surface area contributed by atoms with Gasteiger partial charge in [0.15, 0.2) is 0 Å². The van der Waals surface area contributed by atoms with E-state index >= 15 is 0 Å². The predicted molar refractivity (Wildman–Crippen MR) is 84.1 cm³/mol. The number of carbonyl (C=O) groups is 3. The Morgan fingerprint density at radius 2 is 1.61 bits per heavy atom. The minimum Gasteiger partial charge on any atom is -0.545 e. The van der Waals surface area contributed by atoms with Crippen molar-refractivity contribution in [3.8, 4) is 0 Å². The van der Waals surface area contributed by atoms with Crippen LogP contribution < -0.4 is 15.7 Å². The second-order valence-electron chi connectivity index (χ2n) is 4.77. The zero-order valence-electron chi connectivity index (χ0n) is 12.5. The van der Waals surface area contributed by atoms with Crippen LogP contribution in [0.4, 0.5) is 11.4 Å². The first-order valence-corrected chi connectivity index (χ1v) is 7.03. The molecule has 0 unspecified atom stereocenters. The summed E-state index contributed by atoms with van der Waals surface area (Å²) < 4.78 is 0. The third kappa shape index (κ3) is 4.16. The van der Waals surface area contributed by atoms with E-state index < -0.39 is 11.9 Å². The molecule has 6 nitrogen and oxygen atoms in total. The number of carboxylic acid groups (broad SMARTS) is 1. The molecule has 0 saturated carbocycles. The van der Waals surface area contributed by atoms with Gasteiger partial charge in [-0.2, -0.15) is 0 Å². The van der Waals surface area contributed by atoms with Crippen molar-refractivity contribution in [2.24, 2.45) is 0 Å². The van der Waals surface area contributed by atoms with Crippen LogP contribution in [-0.2, 0) is 4.79 Å². The molecule has 0 spiro atoms. The van der Waals surface area contributed by atoms with Gasteiger partial charge >= 0.3 is 0 Å². The molecule has 0 saturated heterocycles. The number of carboxylic acids is 1. The second-order valence-corrected chi connectivity index (χ2v) is 4.77. The molecule has 118 valence electrons. The van der Waals surface area contributed by atoms with Crippen LogP contribution in [-0.4, -0.2) is 17.8 Å². The predicted octanol–water partition coefficient (Wildman–Crippen LogP) is 1.65.